The van der Waals surface area contributed by atoms with E-state index in [1.165, 1.54) is 4.90 Å². The van der Waals surface area contributed by atoms with Gasteiger partial charge in [0.2, 0.25) is 17.7 Å². The predicted molar refractivity (Wildman–Crippen MR) is 136 cm³/mol. The summed E-state index contributed by atoms with van der Waals surface area (Å²) in [7, 11) is 1.66. The number of nitrogens with zero attached hydrogens (tertiary/aromatic N) is 1. The summed E-state index contributed by atoms with van der Waals surface area (Å²) in [6.07, 6.45) is 4.03. The predicted octanol–water partition coefficient (Wildman–Crippen LogP) is 2.26. The maximum absolute atomic E-state index is 13.3. The highest BCUT2D eigenvalue weighted by atomic mass is 16.5. The number of amides is 3. The number of para-hydroxylation sites is 1. The van der Waals surface area contributed by atoms with E-state index in [9.17, 15) is 14.4 Å². The second kappa shape index (κ2) is 12.4. The van der Waals surface area contributed by atoms with Crippen LogP contribution in [-0.2, 0) is 20.8 Å². The number of hydrogen-bond acceptors (Lipinski definition) is 5. The highest BCUT2D eigenvalue weighted by Crippen LogP contribution is 2.33. The van der Waals surface area contributed by atoms with Crippen molar-refractivity contribution >= 4 is 17.7 Å². The van der Waals surface area contributed by atoms with Gasteiger partial charge >= 0.3 is 0 Å². The van der Waals surface area contributed by atoms with E-state index in [-0.39, 0.29) is 41.6 Å². The molecule has 3 rings (SSSR count). The number of fused-ring (bicyclic) bond motifs is 1. The molecule has 8 nitrogen and oxygen atoms in total. The third kappa shape index (κ3) is 7.69. The fraction of sp³-hybridized carbons (Fsp3) is 0.667. The number of carbonyl (C=O) groups excluding carboxylic acids is 3. The molecule has 8 heteroatoms. The first kappa shape index (κ1) is 27.0. The molecule has 3 amide bonds. The number of benzene rings is 1. The molecule has 0 bridgehead atoms. The molecule has 0 radical (unpaired) electrons. The fourth-order valence-electron chi connectivity index (χ4n) is 4.48. The number of aryl methyl sites for hydroxylation is 1. The average Bonchev–Trinajstić information content (AvgIpc) is 3.66. The van der Waals surface area contributed by atoms with Crippen LogP contribution >= 0.6 is 0 Å². The lowest BCUT2D eigenvalue weighted by molar-refractivity contribution is -0.141. The third-order valence-electron chi connectivity index (χ3n) is 6.94. The van der Waals surface area contributed by atoms with Gasteiger partial charge in [-0.25, -0.2) is 0 Å². The van der Waals surface area contributed by atoms with Crippen LogP contribution in [0.1, 0.15) is 58.9 Å². The summed E-state index contributed by atoms with van der Waals surface area (Å²) < 4.78 is 6.06. The van der Waals surface area contributed by atoms with Crippen LogP contribution in [0.25, 0.3) is 0 Å². The largest absolute Gasteiger partial charge is 0.492 e. The van der Waals surface area contributed by atoms with Gasteiger partial charge in [-0.3, -0.25) is 14.4 Å². The molecule has 1 aliphatic heterocycles. The second-order valence-electron chi connectivity index (χ2n) is 10.5. The molecule has 3 N–H and O–H groups in total. The summed E-state index contributed by atoms with van der Waals surface area (Å²) in [6.45, 7) is 8.72. The van der Waals surface area contributed by atoms with Gasteiger partial charge in [0, 0.05) is 19.6 Å². The third-order valence-corrected chi connectivity index (χ3v) is 6.94. The number of hydrogen-bond donors (Lipinski definition) is 3. The van der Waals surface area contributed by atoms with E-state index in [0.29, 0.717) is 19.6 Å². The van der Waals surface area contributed by atoms with Crippen molar-refractivity contribution in [1.82, 2.24) is 20.9 Å². The summed E-state index contributed by atoms with van der Waals surface area (Å²) in [6, 6.07) is 6.20. The number of likely N-dealkylation sites (N-methyl/N-ethyl adjacent to an activating group) is 1. The van der Waals surface area contributed by atoms with Crippen molar-refractivity contribution in [1.29, 1.82) is 0 Å². The van der Waals surface area contributed by atoms with E-state index in [4.69, 9.17) is 4.74 Å². The Labute approximate surface area is 209 Å². The van der Waals surface area contributed by atoms with E-state index >= 15 is 0 Å². The van der Waals surface area contributed by atoms with Gasteiger partial charge in [-0.1, -0.05) is 32.0 Å². The minimum Gasteiger partial charge on any atom is -0.492 e. The van der Waals surface area contributed by atoms with Gasteiger partial charge in [0.25, 0.3) is 0 Å². The van der Waals surface area contributed by atoms with Gasteiger partial charge in [-0.2, -0.15) is 0 Å². The Kier molecular flexibility index (Phi) is 9.55. The van der Waals surface area contributed by atoms with Gasteiger partial charge in [-0.15, -0.1) is 0 Å². The Morgan fingerprint density at radius 3 is 2.43 bits per heavy atom. The van der Waals surface area contributed by atoms with Crippen LogP contribution in [0.3, 0.4) is 0 Å². The summed E-state index contributed by atoms with van der Waals surface area (Å²) in [4.78, 5) is 41.0. The smallest absolute Gasteiger partial charge is 0.243 e. The van der Waals surface area contributed by atoms with Gasteiger partial charge in [0.1, 0.15) is 24.4 Å². The molecule has 0 unspecified atom stereocenters. The zero-order valence-electron chi connectivity index (χ0n) is 21.8. The molecular weight excluding hydrogens is 444 g/mol. The quantitative estimate of drug-likeness (QED) is 0.609. The maximum Gasteiger partial charge on any atom is 0.243 e. The van der Waals surface area contributed by atoms with Gasteiger partial charge < -0.3 is 25.6 Å². The molecule has 0 saturated heterocycles. The molecule has 1 aromatic carbocycles. The van der Waals surface area contributed by atoms with E-state index in [0.717, 1.165) is 37.0 Å². The van der Waals surface area contributed by atoms with Crippen LogP contribution < -0.4 is 20.7 Å². The molecule has 1 saturated carbocycles. The fourth-order valence-corrected chi connectivity index (χ4v) is 4.48. The van der Waals surface area contributed by atoms with Crippen molar-refractivity contribution in [3.8, 4) is 5.75 Å². The Bertz CT molecular complexity index is 886. The number of ether oxygens (including phenoxy) is 1. The number of nitrogens with one attached hydrogen (secondary N) is 3. The zero-order chi connectivity index (χ0) is 25.5. The molecule has 0 spiro atoms. The monoisotopic (exact) mass is 486 g/mol. The Balaban J connectivity index is 1.82. The molecule has 35 heavy (non-hydrogen) atoms. The van der Waals surface area contributed by atoms with Crippen LogP contribution in [0.5, 0.6) is 5.75 Å². The Morgan fingerprint density at radius 2 is 1.74 bits per heavy atom. The average molecular weight is 487 g/mol. The summed E-state index contributed by atoms with van der Waals surface area (Å²) in [5, 5.41) is 9.35. The standard InChI is InChI=1S/C27H42N4O4/c1-17(2)16-22-26(33)29-18(3)10-11-20-8-6-7-9-23(20)35-15-14-28-24(21-12-13-21)27(34)31(5)19(4)25(32)30-22/h6-9,17-19,21-22,24,28H,10-16H2,1-5H3,(H,29,33)(H,30,32)/t18-,19+,22+,24-/m0/s1. The first-order chi connectivity index (χ1) is 16.7. The minimum atomic E-state index is -0.688. The molecule has 2 aliphatic rings. The van der Waals surface area contributed by atoms with E-state index in [1.54, 1.807) is 14.0 Å². The summed E-state index contributed by atoms with van der Waals surface area (Å²) >= 11 is 0. The highest BCUT2D eigenvalue weighted by Gasteiger charge is 2.39. The molecule has 0 aromatic heterocycles. The maximum atomic E-state index is 13.3. The Morgan fingerprint density at radius 1 is 1.03 bits per heavy atom. The highest BCUT2D eigenvalue weighted by molar-refractivity contribution is 5.93. The molecular formula is C27H42N4O4. The van der Waals surface area contributed by atoms with Crippen molar-refractivity contribution < 1.29 is 19.1 Å². The lowest BCUT2D eigenvalue weighted by Gasteiger charge is -2.31. The Hall–Kier alpha value is -2.61. The van der Waals surface area contributed by atoms with E-state index in [1.807, 2.05) is 45.0 Å². The SMILES string of the molecule is CC(C)C[C@H]1NC(=O)[C@@H](C)N(C)C(=O)[C@H](C2CC2)NCCOc2ccccc2CC[C@H](C)NC1=O. The number of carbonyl (C=O) groups is 3. The first-order valence-electron chi connectivity index (χ1n) is 13.0. The van der Waals surface area contributed by atoms with Crippen LogP contribution in [0.2, 0.25) is 0 Å². The molecule has 1 heterocycles. The molecule has 4 atom stereocenters. The van der Waals surface area contributed by atoms with Crippen molar-refractivity contribution in [3.05, 3.63) is 29.8 Å². The minimum absolute atomic E-state index is 0.0661. The van der Waals surface area contributed by atoms with Crippen molar-refractivity contribution in [2.75, 3.05) is 20.2 Å². The van der Waals surface area contributed by atoms with Crippen LogP contribution in [-0.4, -0.2) is 67.0 Å². The van der Waals surface area contributed by atoms with Gasteiger partial charge in [0.05, 0.1) is 6.04 Å². The van der Waals surface area contributed by atoms with Crippen LogP contribution in [0.15, 0.2) is 24.3 Å². The van der Waals surface area contributed by atoms with Crippen LogP contribution in [0, 0.1) is 11.8 Å². The summed E-state index contributed by atoms with van der Waals surface area (Å²) in [5.41, 5.74) is 1.09. The summed E-state index contributed by atoms with van der Waals surface area (Å²) in [5.74, 6) is 0.723. The molecule has 194 valence electrons. The van der Waals surface area contributed by atoms with Gasteiger partial charge in [-0.05, 0) is 69.4 Å². The zero-order valence-corrected chi connectivity index (χ0v) is 21.8. The second-order valence-corrected chi connectivity index (χ2v) is 10.5. The molecule has 1 aliphatic carbocycles. The van der Waals surface area contributed by atoms with Crippen molar-refractivity contribution in [3.63, 3.8) is 0 Å². The van der Waals surface area contributed by atoms with E-state index in [2.05, 4.69) is 16.0 Å². The molecule has 1 fully saturated rings. The van der Waals surface area contributed by atoms with Crippen LogP contribution in [0.4, 0.5) is 0 Å². The lowest BCUT2D eigenvalue weighted by atomic mass is 10.0. The normalized spacial score (nSPS) is 27.8. The number of rotatable bonds is 3. The first-order valence-corrected chi connectivity index (χ1v) is 13.0. The van der Waals surface area contributed by atoms with Gasteiger partial charge in [0.15, 0.2) is 0 Å². The molecule has 1 aromatic rings. The van der Waals surface area contributed by atoms with E-state index < -0.39 is 12.1 Å². The topological polar surface area (TPSA) is 99.8 Å². The van der Waals surface area contributed by atoms with Crippen molar-refractivity contribution in [2.45, 2.75) is 84.0 Å². The lowest BCUT2D eigenvalue weighted by Crippen LogP contribution is -2.57. The van der Waals surface area contributed by atoms with Crippen molar-refractivity contribution in [2.24, 2.45) is 11.8 Å².